The molecule has 0 aliphatic rings. The minimum Gasteiger partial charge on any atom is -0.274 e. The van der Waals surface area contributed by atoms with E-state index in [9.17, 15) is 44.7 Å². The number of carbonyl (C=O) groups is 2. The summed E-state index contributed by atoms with van der Waals surface area (Å²) in [5, 5.41) is 0. The number of nitrogens with zero attached hydrogens (tertiary/aromatic N) is 1. The molecule has 3 nitrogen and oxygen atoms in total. The van der Waals surface area contributed by atoms with Crippen molar-refractivity contribution in [3.8, 4) is 0 Å². The van der Waals surface area contributed by atoms with E-state index in [0.29, 0.717) is 24.3 Å². The first-order chi connectivity index (χ1) is 13.3. The summed E-state index contributed by atoms with van der Waals surface area (Å²) in [4.78, 5) is 25.0. The third kappa shape index (κ3) is 4.38. The first-order valence-electron chi connectivity index (χ1n) is 7.88. The van der Waals surface area contributed by atoms with Crippen LogP contribution in [0.1, 0.15) is 38.8 Å². The van der Waals surface area contributed by atoms with E-state index in [0.717, 1.165) is 19.1 Å². The van der Waals surface area contributed by atoms with Gasteiger partial charge in [-0.05, 0) is 31.2 Å². The number of benzene rings is 2. The Morgan fingerprint density at radius 2 is 1.10 bits per heavy atom. The van der Waals surface area contributed by atoms with E-state index in [4.69, 9.17) is 0 Å². The minimum absolute atomic E-state index is 0.150. The van der Waals surface area contributed by atoms with Crippen molar-refractivity contribution in [3.63, 3.8) is 0 Å². The molecule has 0 fully saturated rings. The maximum Gasteiger partial charge on any atom is 0.419 e. The Labute approximate surface area is 158 Å². The van der Waals surface area contributed by atoms with Crippen LogP contribution < -0.4 is 0 Å². The first-order valence-corrected chi connectivity index (χ1v) is 7.88. The zero-order valence-corrected chi connectivity index (χ0v) is 14.5. The van der Waals surface area contributed by atoms with Gasteiger partial charge in [0.25, 0.3) is 11.8 Å². The molecular weight excluding hydrogens is 414 g/mol. The molecule has 2 rings (SSSR count). The zero-order chi connectivity index (χ0) is 22.1. The highest BCUT2D eigenvalue weighted by Crippen LogP contribution is 2.34. The maximum atomic E-state index is 14.2. The van der Waals surface area contributed by atoms with Gasteiger partial charge in [0.1, 0.15) is 11.6 Å². The molecular formula is C18H11F8NO2. The van der Waals surface area contributed by atoms with Gasteiger partial charge in [-0.3, -0.25) is 14.5 Å². The SMILES string of the molecule is CCN(C(=O)c1cccc(C(F)(F)F)c1F)C(=O)c1cccc(C(F)(F)F)c1F. The second-order valence-electron chi connectivity index (χ2n) is 5.68. The molecule has 11 heteroatoms. The second-order valence-corrected chi connectivity index (χ2v) is 5.68. The molecule has 0 spiro atoms. The molecule has 0 saturated heterocycles. The monoisotopic (exact) mass is 425 g/mol. The molecule has 2 aromatic carbocycles. The van der Waals surface area contributed by atoms with Crippen LogP contribution in [0.15, 0.2) is 36.4 Å². The van der Waals surface area contributed by atoms with E-state index < -0.39 is 64.6 Å². The average molecular weight is 425 g/mol. The summed E-state index contributed by atoms with van der Waals surface area (Å²) in [7, 11) is 0. The van der Waals surface area contributed by atoms with E-state index >= 15 is 0 Å². The highest BCUT2D eigenvalue weighted by Gasteiger charge is 2.39. The topological polar surface area (TPSA) is 37.4 Å². The van der Waals surface area contributed by atoms with E-state index in [-0.39, 0.29) is 4.90 Å². The van der Waals surface area contributed by atoms with Gasteiger partial charge in [0, 0.05) is 6.54 Å². The lowest BCUT2D eigenvalue weighted by molar-refractivity contribution is -0.140. The number of hydrogen-bond donors (Lipinski definition) is 0. The van der Waals surface area contributed by atoms with Gasteiger partial charge in [-0.1, -0.05) is 12.1 Å². The summed E-state index contributed by atoms with van der Waals surface area (Å²) in [5.41, 5.74) is -5.81. The smallest absolute Gasteiger partial charge is 0.274 e. The molecule has 0 aliphatic heterocycles. The van der Waals surface area contributed by atoms with Crippen LogP contribution >= 0.6 is 0 Å². The predicted molar refractivity (Wildman–Crippen MR) is 83.8 cm³/mol. The molecule has 0 saturated carbocycles. The van der Waals surface area contributed by atoms with Crippen LogP contribution in [0, 0.1) is 11.6 Å². The van der Waals surface area contributed by atoms with Crippen LogP contribution in [0.3, 0.4) is 0 Å². The molecule has 0 N–H and O–H groups in total. The van der Waals surface area contributed by atoms with Gasteiger partial charge in [0.05, 0.1) is 22.3 Å². The predicted octanol–water partition coefficient (Wildman–Crippen LogP) is 5.30. The van der Waals surface area contributed by atoms with Gasteiger partial charge < -0.3 is 0 Å². The van der Waals surface area contributed by atoms with Crippen molar-refractivity contribution in [1.29, 1.82) is 0 Å². The Morgan fingerprint density at radius 1 is 0.759 bits per heavy atom. The second kappa shape index (κ2) is 7.80. The molecule has 2 amide bonds. The largest absolute Gasteiger partial charge is 0.419 e. The van der Waals surface area contributed by atoms with Crippen molar-refractivity contribution in [2.75, 3.05) is 6.54 Å². The normalized spacial score (nSPS) is 12.0. The summed E-state index contributed by atoms with van der Waals surface area (Å²) in [5.74, 6) is -7.03. The third-order valence-corrected chi connectivity index (χ3v) is 3.88. The van der Waals surface area contributed by atoms with Crippen LogP contribution in [0.4, 0.5) is 35.1 Å². The van der Waals surface area contributed by atoms with Crippen molar-refractivity contribution in [3.05, 3.63) is 70.3 Å². The van der Waals surface area contributed by atoms with Gasteiger partial charge in [-0.15, -0.1) is 0 Å². The molecule has 2 aromatic rings. The fraction of sp³-hybridized carbons (Fsp3) is 0.222. The fourth-order valence-corrected chi connectivity index (χ4v) is 2.50. The number of amides is 2. The Bertz CT molecular complexity index is 874. The fourth-order valence-electron chi connectivity index (χ4n) is 2.50. The molecule has 0 atom stereocenters. The number of rotatable bonds is 3. The molecule has 156 valence electrons. The lowest BCUT2D eigenvalue weighted by Crippen LogP contribution is -2.38. The third-order valence-electron chi connectivity index (χ3n) is 3.88. The lowest BCUT2D eigenvalue weighted by atomic mass is 10.1. The average Bonchev–Trinajstić information content (AvgIpc) is 2.60. The Hall–Kier alpha value is -2.98. The Balaban J connectivity index is 2.51. The van der Waals surface area contributed by atoms with Crippen molar-refractivity contribution in [1.82, 2.24) is 4.90 Å². The molecule has 0 unspecified atom stereocenters. The number of imide groups is 1. The number of alkyl halides is 6. The molecule has 29 heavy (non-hydrogen) atoms. The summed E-state index contributed by atoms with van der Waals surface area (Å²) in [6.07, 6.45) is -10.3. The van der Waals surface area contributed by atoms with Crippen molar-refractivity contribution >= 4 is 11.8 Å². The quantitative estimate of drug-likeness (QED) is 0.494. The summed E-state index contributed by atoms with van der Waals surface area (Å²) >= 11 is 0. The molecule has 0 radical (unpaired) electrons. The minimum atomic E-state index is -5.13. The lowest BCUT2D eigenvalue weighted by Gasteiger charge is -2.21. The van der Waals surface area contributed by atoms with Gasteiger partial charge in [-0.25, -0.2) is 8.78 Å². The van der Waals surface area contributed by atoms with Crippen LogP contribution in [0.2, 0.25) is 0 Å². The number of hydrogen-bond acceptors (Lipinski definition) is 2. The number of carbonyl (C=O) groups excluding carboxylic acids is 2. The van der Waals surface area contributed by atoms with Crippen LogP contribution in [-0.4, -0.2) is 23.3 Å². The van der Waals surface area contributed by atoms with Crippen molar-refractivity contribution in [2.45, 2.75) is 19.3 Å². The Morgan fingerprint density at radius 3 is 1.38 bits per heavy atom. The van der Waals surface area contributed by atoms with E-state index in [1.54, 1.807) is 0 Å². The van der Waals surface area contributed by atoms with Gasteiger partial charge >= 0.3 is 12.4 Å². The summed E-state index contributed by atoms with van der Waals surface area (Å²) < 4.78 is 105. The number of halogens is 8. The molecule has 0 bridgehead atoms. The van der Waals surface area contributed by atoms with Crippen molar-refractivity contribution < 1.29 is 44.7 Å². The first kappa shape index (κ1) is 22.3. The molecule has 0 heterocycles. The highest BCUT2D eigenvalue weighted by molar-refractivity contribution is 6.10. The maximum absolute atomic E-state index is 14.2. The summed E-state index contributed by atoms with van der Waals surface area (Å²) in [6, 6.07) is 3.54. The standard InChI is InChI=1S/C18H11F8NO2/c1-2-27(15(28)9-5-3-7-11(13(9)19)17(21,22)23)16(29)10-6-4-8-12(14(10)20)18(24,25)26/h3-8H,2H2,1H3. The molecule has 0 aromatic heterocycles. The zero-order valence-electron chi connectivity index (χ0n) is 14.5. The van der Waals surface area contributed by atoms with E-state index in [2.05, 4.69) is 0 Å². The summed E-state index contributed by atoms with van der Waals surface area (Å²) in [6.45, 7) is 0.593. The molecule has 0 aliphatic carbocycles. The van der Waals surface area contributed by atoms with Gasteiger partial charge in [0.2, 0.25) is 0 Å². The van der Waals surface area contributed by atoms with Gasteiger partial charge in [0.15, 0.2) is 0 Å². The van der Waals surface area contributed by atoms with Crippen LogP contribution in [0.25, 0.3) is 0 Å². The van der Waals surface area contributed by atoms with E-state index in [1.807, 2.05) is 0 Å². The van der Waals surface area contributed by atoms with Crippen LogP contribution in [0.5, 0.6) is 0 Å². The van der Waals surface area contributed by atoms with E-state index in [1.165, 1.54) is 0 Å². The highest BCUT2D eigenvalue weighted by atomic mass is 19.4. The Kier molecular flexibility index (Phi) is 6.00. The van der Waals surface area contributed by atoms with Crippen molar-refractivity contribution in [2.24, 2.45) is 0 Å². The van der Waals surface area contributed by atoms with Crippen LogP contribution in [-0.2, 0) is 12.4 Å². The van der Waals surface area contributed by atoms with Gasteiger partial charge in [-0.2, -0.15) is 26.3 Å².